The number of carbonyl (C=O) groups excluding carboxylic acids is 1. The van der Waals surface area contributed by atoms with E-state index in [4.69, 9.17) is 10.00 Å². The molecule has 0 radical (unpaired) electrons. The predicted molar refractivity (Wildman–Crippen MR) is 77.2 cm³/mol. The van der Waals surface area contributed by atoms with Gasteiger partial charge in [-0.25, -0.2) is 4.79 Å². The van der Waals surface area contributed by atoms with Gasteiger partial charge in [0, 0.05) is 13.0 Å². The maximum atomic E-state index is 12.7. The van der Waals surface area contributed by atoms with E-state index in [9.17, 15) is 23.1 Å². The van der Waals surface area contributed by atoms with Crippen LogP contribution in [0.4, 0.5) is 18.0 Å². The van der Waals surface area contributed by atoms with Crippen molar-refractivity contribution in [3.05, 3.63) is 29.8 Å². The lowest BCUT2D eigenvalue weighted by Crippen LogP contribution is -2.49. The van der Waals surface area contributed by atoms with Crippen molar-refractivity contribution in [3.63, 3.8) is 0 Å². The number of likely N-dealkylation sites (tertiary alicyclic amines) is 1. The number of carbonyl (C=O) groups is 1. The summed E-state index contributed by atoms with van der Waals surface area (Å²) in [4.78, 5) is 12.7. The number of ether oxygens (including phenoxy) is 1. The normalized spacial score (nSPS) is 20.5. The molecule has 1 aromatic carbocycles. The Kier molecular flexibility index (Phi) is 5.19. The van der Waals surface area contributed by atoms with Gasteiger partial charge in [0.1, 0.15) is 12.4 Å². The van der Waals surface area contributed by atoms with Crippen LogP contribution in [0.25, 0.3) is 0 Å². The van der Waals surface area contributed by atoms with Crippen molar-refractivity contribution >= 4 is 6.03 Å². The number of rotatable bonds is 4. The summed E-state index contributed by atoms with van der Waals surface area (Å²) in [7, 11) is 0. The van der Waals surface area contributed by atoms with Gasteiger partial charge in [-0.05, 0) is 24.3 Å². The lowest BCUT2D eigenvalue weighted by atomic mass is 10.0. The number of amides is 2. The van der Waals surface area contributed by atoms with E-state index in [1.807, 2.05) is 6.07 Å². The van der Waals surface area contributed by atoms with Crippen molar-refractivity contribution in [2.24, 2.45) is 0 Å². The third-order valence-corrected chi connectivity index (χ3v) is 3.69. The molecular weight excluding hydrogens is 327 g/mol. The SMILES string of the molecule is N#Cc1ccc(OCCNC(=O)N2CCC(O)(C(F)(F)F)C2)cc1. The first kappa shape index (κ1) is 17.9. The number of nitrogens with one attached hydrogen (secondary N) is 1. The molecule has 1 aromatic rings. The third kappa shape index (κ3) is 4.08. The van der Waals surface area contributed by atoms with Crippen molar-refractivity contribution in [1.82, 2.24) is 10.2 Å². The highest BCUT2D eigenvalue weighted by Gasteiger charge is 2.57. The fourth-order valence-corrected chi connectivity index (χ4v) is 2.26. The molecule has 9 heteroatoms. The van der Waals surface area contributed by atoms with Crippen LogP contribution in [0.1, 0.15) is 12.0 Å². The Morgan fingerprint density at radius 3 is 2.62 bits per heavy atom. The Hall–Kier alpha value is -2.47. The molecular formula is C15H16F3N3O3. The van der Waals surface area contributed by atoms with Crippen LogP contribution in [-0.2, 0) is 0 Å². The maximum absolute atomic E-state index is 12.7. The van der Waals surface area contributed by atoms with Crippen molar-refractivity contribution in [2.75, 3.05) is 26.2 Å². The van der Waals surface area contributed by atoms with Crippen molar-refractivity contribution in [2.45, 2.75) is 18.2 Å². The highest BCUT2D eigenvalue weighted by molar-refractivity contribution is 5.74. The van der Waals surface area contributed by atoms with Crippen molar-refractivity contribution < 1.29 is 27.8 Å². The summed E-state index contributed by atoms with van der Waals surface area (Å²) in [6, 6.07) is 7.65. The molecule has 1 atom stereocenters. The first-order valence-electron chi connectivity index (χ1n) is 7.20. The molecule has 0 spiro atoms. The van der Waals surface area contributed by atoms with Gasteiger partial charge in [-0.3, -0.25) is 0 Å². The Bertz CT molecular complexity index is 628. The number of hydrogen-bond acceptors (Lipinski definition) is 4. The second-order valence-electron chi connectivity index (χ2n) is 5.42. The van der Waals surface area contributed by atoms with E-state index in [1.54, 1.807) is 24.3 Å². The zero-order valence-electron chi connectivity index (χ0n) is 12.6. The number of aliphatic hydroxyl groups is 1. The second-order valence-corrected chi connectivity index (χ2v) is 5.42. The molecule has 0 aliphatic carbocycles. The highest BCUT2D eigenvalue weighted by atomic mass is 19.4. The molecule has 0 bridgehead atoms. The molecule has 130 valence electrons. The molecule has 2 rings (SSSR count). The summed E-state index contributed by atoms with van der Waals surface area (Å²) in [5.74, 6) is 0.510. The molecule has 1 aliphatic heterocycles. The standard InChI is InChI=1S/C15H16F3N3O3/c16-15(17,18)14(23)5-7-21(10-14)13(22)20-6-8-24-12-3-1-11(9-19)2-4-12/h1-4,23H,5-8,10H2,(H,20,22). The van der Waals surface area contributed by atoms with Crippen LogP contribution in [-0.4, -0.2) is 54.1 Å². The van der Waals surface area contributed by atoms with Crippen LogP contribution in [0, 0.1) is 11.3 Å². The average Bonchev–Trinajstić information content (AvgIpc) is 2.95. The van der Waals surface area contributed by atoms with E-state index in [2.05, 4.69) is 5.32 Å². The van der Waals surface area contributed by atoms with Crippen molar-refractivity contribution in [1.29, 1.82) is 5.26 Å². The van der Waals surface area contributed by atoms with E-state index < -0.39 is 30.8 Å². The van der Waals surface area contributed by atoms with Crippen LogP contribution in [0.3, 0.4) is 0 Å². The van der Waals surface area contributed by atoms with Crippen LogP contribution in [0.2, 0.25) is 0 Å². The van der Waals surface area contributed by atoms with E-state index in [0.29, 0.717) is 11.3 Å². The molecule has 0 aromatic heterocycles. The van der Waals surface area contributed by atoms with E-state index >= 15 is 0 Å². The second kappa shape index (κ2) is 6.97. The van der Waals surface area contributed by atoms with Gasteiger partial charge in [-0.15, -0.1) is 0 Å². The molecule has 1 aliphatic rings. The first-order valence-corrected chi connectivity index (χ1v) is 7.20. The Labute approximate surface area is 136 Å². The van der Waals surface area contributed by atoms with Gasteiger partial charge in [0.15, 0.2) is 5.60 Å². The molecule has 6 nitrogen and oxygen atoms in total. The summed E-state index contributed by atoms with van der Waals surface area (Å²) in [5.41, 5.74) is -2.36. The number of benzene rings is 1. The molecule has 2 amide bonds. The number of halogens is 3. The molecule has 24 heavy (non-hydrogen) atoms. The minimum absolute atomic E-state index is 0.0970. The molecule has 1 saturated heterocycles. The average molecular weight is 343 g/mol. The van der Waals surface area contributed by atoms with Gasteiger partial charge in [0.05, 0.1) is 24.7 Å². The topological polar surface area (TPSA) is 85.6 Å². The van der Waals surface area contributed by atoms with Gasteiger partial charge in [-0.1, -0.05) is 0 Å². The van der Waals surface area contributed by atoms with Gasteiger partial charge in [0.25, 0.3) is 0 Å². The Balaban J connectivity index is 1.73. The lowest BCUT2D eigenvalue weighted by Gasteiger charge is -2.25. The molecule has 2 N–H and O–H groups in total. The first-order chi connectivity index (χ1) is 11.2. The predicted octanol–water partition coefficient (Wildman–Crippen LogP) is 1.65. The molecule has 0 saturated carbocycles. The van der Waals surface area contributed by atoms with Gasteiger partial charge in [-0.2, -0.15) is 18.4 Å². The molecule has 1 unspecified atom stereocenters. The quantitative estimate of drug-likeness (QED) is 0.814. The zero-order chi connectivity index (χ0) is 17.8. The monoisotopic (exact) mass is 343 g/mol. The smallest absolute Gasteiger partial charge is 0.419 e. The van der Waals surface area contributed by atoms with Crippen LogP contribution >= 0.6 is 0 Å². The number of nitrogens with zero attached hydrogens (tertiary/aromatic N) is 2. The van der Waals surface area contributed by atoms with Crippen LogP contribution in [0.15, 0.2) is 24.3 Å². The molecule has 1 fully saturated rings. The summed E-state index contributed by atoms with van der Waals surface area (Å²) >= 11 is 0. The molecule has 1 heterocycles. The van der Waals surface area contributed by atoms with Gasteiger partial charge >= 0.3 is 12.2 Å². The van der Waals surface area contributed by atoms with Crippen LogP contribution < -0.4 is 10.1 Å². The van der Waals surface area contributed by atoms with E-state index in [0.717, 1.165) is 4.90 Å². The zero-order valence-corrected chi connectivity index (χ0v) is 12.6. The van der Waals surface area contributed by atoms with E-state index in [-0.39, 0.29) is 19.7 Å². The summed E-state index contributed by atoms with van der Waals surface area (Å²) < 4.78 is 43.4. The fraction of sp³-hybridized carbons (Fsp3) is 0.467. The van der Waals surface area contributed by atoms with Crippen molar-refractivity contribution in [3.8, 4) is 11.8 Å². The maximum Gasteiger partial charge on any atom is 0.419 e. The minimum atomic E-state index is -4.76. The summed E-state index contributed by atoms with van der Waals surface area (Å²) in [5, 5.41) is 20.6. The Morgan fingerprint density at radius 1 is 1.42 bits per heavy atom. The largest absolute Gasteiger partial charge is 0.492 e. The summed E-state index contributed by atoms with van der Waals surface area (Å²) in [6.45, 7) is -0.730. The number of alkyl halides is 3. The lowest BCUT2D eigenvalue weighted by molar-refractivity contribution is -0.253. The third-order valence-electron chi connectivity index (χ3n) is 3.69. The number of β-amino-alcohol motifs (C(OH)–C–C–N with tert-alkyl or cyclic N) is 1. The number of hydrogen-bond donors (Lipinski definition) is 2. The number of urea groups is 1. The number of nitriles is 1. The minimum Gasteiger partial charge on any atom is -0.492 e. The van der Waals surface area contributed by atoms with E-state index in [1.165, 1.54) is 0 Å². The van der Waals surface area contributed by atoms with Gasteiger partial charge < -0.3 is 20.1 Å². The summed E-state index contributed by atoms with van der Waals surface area (Å²) in [6.07, 6.45) is -5.30. The highest BCUT2D eigenvalue weighted by Crippen LogP contribution is 2.37. The van der Waals surface area contributed by atoms with Gasteiger partial charge in [0.2, 0.25) is 0 Å². The van der Waals surface area contributed by atoms with Crippen LogP contribution in [0.5, 0.6) is 5.75 Å². The fourth-order valence-electron chi connectivity index (χ4n) is 2.26. The Morgan fingerprint density at radius 2 is 2.08 bits per heavy atom.